The van der Waals surface area contributed by atoms with Gasteiger partial charge in [-0.25, -0.2) is 4.98 Å². The predicted octanol–water partition coefficient (Wildman–Crippen LogP) is 1.16. The SMILES string of the molecule is CCNC(=O)CCn1c(N)nc2cc(OC)c(OC)cc21. The average Bonchev–Trinajstić information content (AvgIpc) is 2.78. The zero-order valence-electron chi connectivity index (χ0n) is 12.5. The summed E-state index contributed by atoms with van der Waals surface area (Å²) in [5.41, 5.74) is 7.46. The predicted molar refractivity (Wildman–Crippen MR) is 80.6 cm³/mol. The Kier molecular flexibility index (Phi) is 4.52. The molecular weight excluding hydrogens is 272 g/mol. The van der Waals surface area contributed by atoms with Gasteiger partial charge in [-0.2, -0.15) is 0 Å². The Morgan fingerprint density at radius 1 is 1.33 bits per heavy atom. The zero-order valence-corrected chi connectivity index (χ0v) is 12.5. The maximum absolute atomic E-state index is 11.6. The number of rotatable bonds is 6. The van der Waals surface area contributed by atoms with Crippen LogP contribution in [0.1, 0.15) is 13.3 Å². The molecule has 0 spiro atoms. The molecule has 114 valence electrons. The van der Waals surface area contributed by atoms with Crippen molar-refractivity contribution in [1.82, 2.24) is 14.9 Å². The summed E-state index contributed by atoms with van der Waals surface area (Å²) < 4.78 is 12.3. The van der Waals surface area contributed by atoms with Crippen LogP contribution in [0.5, 0.6) is 11.5 Å². The highest BCUT2D eigenvalue weighted by molar-refractivity contribution is 5.83. The molecule has 0 saturated carbocycles. The molecule has 0 aliphatic rings. The maximum Gasteiger partial charge on any atom is 0.221 e. The van der Waals surface area contributed by atoms with E-state index >= 15 is 0 Å². The van der Waals surface area contributed by atoms with E-state index in [1.807, 2.05) is 13.0 Å². The highest BCUT2D eigenvalue weighted by Crippen LogP contribution is 2.32. The van der Waals surface area contributed by atoms with E-state index in [2.05, 4.69) is 10.3 Å². The normalized spacial score (nSPS) is 10.6. The fourth-order valence-corrected chi connectivity index (χ4v) is 2.20. The molecule has 0 atom stereocenters. The van der Waals surface area contributed by atoms with Gasteiger partial charge < -0.3 is 25.1 Å². The third-order valence-electron chi connectivity index (χ3n) is 3.22. The van der Waals surface area contributed by atoms with Crippen LogP contribution >= 0.6 is 0 Å². The summed E-state index contributed by atoms with van der Waals surface area (Å²) in [4.78, 5) is 15.9. The van der Waals surface area contributed by atoms with E-state index in [0.717, 1.165) is 5.52 Å². The lowest BCUT2D eigenvalue weighted by atomic mass is 10.2. The fraction of sp³-hybridized carbons (Fsp3) is 0.429. The summed E-state index contributed by atoms with van der Waals surface area (Å²) in [5.74, 6) is 1.55. The first-order valence-electron chi connectivity index (χ1n) is 6.75. The Balaban J connectivity index is 2.35. The number of nitrogens with two attached hydrogens (primary N) is 1. The lowest BCUT2D eigenvalue weighted by Gasteiger charge is -2.09. The Bertz CT molecular complexity index is 651. The number of fused-ring (bicyclic) bond motifs is 1. The minimum Gasteiger partial charge on any atom is -0.493 e. The second-order valence-corrected chi connectivity index (χ2v) is 4.52. The molecule has 7 heteroatoms. The molecule has 2 rings (SSSR count). The molecule has 21 heavy (non-hydrogen) atoms. The Hall–Kier alpha value is -2.44. The Labute approximate surface area is 123 Å². The number of hydrogen-bond donors (Lipinski definition) is 2. The molecule has 1 heterocycles. The number of nitrogens with zero attached hydrogens (tertiary/aromatic N) is 2. The number of benzene rings is 1. The van der Waals surface area contributed by atoms with Gasteiger partial charge in [0.05, 0.1) is 25.3 Å². The van der Waals surface area contributed by atoms with E-state index < -0.39 is 0 Å². The summed E-state index contributed by atoms with van der Waals surface area (Å²) in [5, 5.41) is 2.76. The van der Waals surface area contributed by atoms with Gasteiger partial charge in [0.1, 0.15) is 0 Å². The van der Waals surface area contributed by atoms with Crippen LogP contribution in [0.2, 0.25) is 0 Å². The van der Waals surface area contributed by atoms with Crippen LogP contribution in [0.3, 0.4) is 0 Å². The Morgan fingerprint density at radius 3 is 2.62 bits per heavy atom. The first kappa shape index (κ1) is 15.0. The molecule has 0 saturated heterocycles. The van der Waals surface area contributed by atoms with Crippen LogP contribution in [0.15, 0.2) is 12.1 Å². The third kappa shape index (κ3) is 3.01. The number of methoxy groups -OCH3 is 2. The van der Waals surface area contributed by atoms with E-state index in [0.29, 0.717) is 42.5 Å². The average molecular weight is 292 g/mol. The van der Waals surface area contributed by atoms with Gasteiger partial charge in [0, 0.05) is 31.6 Å². The first-order chi connectivity index (χ1) is 10.1. The van der Waals surface area contributed by atoms with Crippen LogP contribution < -0.4 is 20.5 Å². The molecule has 0 aliphatic heterocycles. The minimum absolute atomic E-state index is 0.0146. The summed E-state index contributed by atoms with van der Waals surface area (Å²) in [7, 11) is 3.14. The molecule has 0 fully saturated rings. The molecule has 0 bridgehead atoms. The van der Waals surface area contributed by atoms with Gasteiger partial charge in [-0.05, 0) is 6.92 Å². The smallest absolute Gasteiger partial charge is 0.221 e. The van der Waals surface area contributed by atoms with Gasteiger partial charge in [-0.1, -0.05) is 0 Å². The molecule has 0 aliphatic carbocycles. The summed E-state index contributed by atoms with van der Waals surface area (Å²) in [6.07, 6.45) is 0.345. The van der Waals surface area contributed by atoms with Crippen molar-refractivity contribution < 1.29 is 14.3 Å². The number of amides is 1. The standard InChI is InChI=1S/C14H20N4O3/c1-4-16-13(19)5-6-18-10-8-12(21-3)11(20-2)7-9(10)17-14(18)15/h7-8H,4-6H2,1-3H3,(H2,15,17)(H,16,19). The van der Waals surface area contributed by atoms with Crippen molar-refractivity contribution in [2.75, 3.05) is 26.5 Å². The van der Waals surface area contributed by atoms with Crippen molar-refractivity contribution in [1.29, 1.82) is 0 Å². The van der Waals surface area contributed by atoms with Crippen molar-refractivity contribution in [3.8, 4) is 11.5 Å². The van der Waals surface area contributed by atoms with E-state index in [-0.39, 0.29) is 5.91 Å². The number of carbonyl (C=O) groups excluding carboxylic acids is 1. The highest BCUT2D eigenvalue weighted by atomic mass is 16.5. The second kappa shape index (κ2) is 6.34. The summed E-state index contributed by atoms with van der Waals surface area (Å²) in [6, 6.07) is 3.59. The number of aryl methyl sites for hydroxylation is 1. The minimum atomic E-state index is -0.0146. The van der Waals surface area contributed by atoms with Crippen LogP contribution in [-0.2, 0) is 11.3 Å². The number of nitrogens with one attached hydrogen (secondary N) is 1. The van der Waals surface area contributed by atoms with Crippen LogP contribution in [-0.4, -0.2) is 36.2 Å². The number of hydrogen-bond acceptors (Lipinski definition) is 5. The van der Waals surface area contributed by atoms with E-state index in [1.165, 1.54) is 0 Å². The first-order valence-corrected chi connectivity index (χ1v) is 6.75. The van der Waals surface area contributed by atoms with Gasteiger partial charge in [-0.3, -0.25) is 4.79 Å². The molecular formula is C14H20N4O3. The number of anilines is 1. The lowest BCUT2D eigenvalue weighted by Crippen LogP contribution is -2.24. The highest BCUT2D eigenvalue weighted by Gasteiger charge is 2.14. The van der Waals surface area contributed by atoms with Crippen molar-refractivity contribution in [2.45, 2.75) is 19.9 Å². The topological polar surface area (TPSA) is 91.4 Å². The molecule has 2 aromatic rings. The molecule has 1 amide bonds. The van der Waals surface area contributed by atoms with Crippen molar-refractivity contribution in [3.63, 3.8) is 0 Å². The number of aromatic nitrogens is 2. The van der Waals surface area contributed by atoms with Crippen molar-refractivity contribution in [3.05, 3.63) is 12.1 Å². The number of imidazole rings is 1. The van der Waals surface area contributed by atoms with Gasteiger partial charge in [-0.15, -0.1) is 0 Å². The van der Waals surface area contributed by atoms with Gasteiger partial charge in [0.2, 0.25) is 11.9 Å². The van der Waals surface area contributed by atoms with E-state index in [4.69, 9.17) is 15.2 Å². The summed E-state index contributed by atoms with van der Waals surface area (Å²) >= 11 is 0. The lowest BCUT2D eigenvalue weighted by molar-refractivity contribution is -0.121. The van der Waals surface area contributed by atoms with E-state index in [9.17, 15) is 4.79 Å². The zero-order chi connectivity index (χ0) is 15.4. The van der Waals surface area contributed by atoms with Crippen molar-refractivity contribution >= 4 is 22.9 Å². The number of carbonyl (C=O) groups is 1. The van der Waals surface area contributed by atoms with Crippen LogP contribution in [0, 0.1) is 0 Å². The van der Waals surface area contributed by atoms with Crippen LogP contribution in [0.4, 0.5) is 5.95 Å². The number of nitrogen functional groups attached to an aromatic ring is 1. The van der Waals surface area contributed by atoms with E-state index in [1.54, 1.807) is 24.9 Å². The van der Waals surface area contributed by atoms with Crippen molar-refractivity contribution in [2.24, 2.45) is 0 Å². The Morgan fingerprint density at radius 2 is 2.00 bits per heavy atom. The monoisotopic (exact) mass is 292 g/mol. The van der Waals surface area contributed by atoms with Gasteiger partial charge >= 0.3 is 0 Å². The molecule has 7 nitrogen and oxygen atoms in total. The summed E-state index contributed by atoms with van der Waals surface area (Å²) in [6.45, 7) is 2.96. The molecule has 3 N–H and O–H groups in total. The third-order valence-corrected chi connectivity index (χ3v) is 3.22. The molecule has 1 aromatic carbocycles. The molecule has 1 aromatic heterocycles. The van der Waals surface area contributed by atoms with Gasteiger partial charge in [0.15, 0.2) is 11.5 Å². The maximum atomic E-state index is 11.6. The second-order valence-electron chi connectivity index (χ2n) is 4.52. The van der Waals surface area contributed by atoms with Gasteiger partial charge in [0.25, 0.3) is 0 Å². The number of ether oxygens (including phenoxy) is 2. The molecule has 0 radical (unpaired) electrons. The quantitative estimate of drug-likeness (QED) is 0.833. The molecule has 0 unspecified atom stereocenters. The largest absolute Gasteiger partial charge is 0.493 e. The fourth-order valence-electron chi connectivity index (χ4n) is 2.20. The van der Waals surface area contributed by atoms with Crippen LogP contribution in [0.25, 0.3) is 11.0 Å².